The third-order valence-corrected chi connectivity index (χ3v) is 4.59. The average Bonchev–Trinajstić information content (AvgIpc) is 2.69. The number of aliphatic hydroxyl groups is 1. The molecular formula is C20H33FIN3O3. The van der Waals surface area contributed by atoms with Gasteiger partial charge in [-0.2, -0.15) is 0 Å². The molecule has 1 fully saturated rings. The van der Waals surface area contributed by atoms with E-state index in [0.29, 0.717) is 5.56 Å². The van der Waals surface area contributed by atoms with Crippen molar-refractivity contribution < 1.29 is 19.0 Å². The van der Waals surface area contributed by atoms with Gasteiger partial charge in [0, 0.05) is 40.0 Å². The number of hydrogen-bond acceptors (Lipinski definition) is 4. The van der Waals surface area contributed by atoms with E-state index in [1.165, 1.54) is 12.1 Å². The predicted molar refractivity (Wildman–Crippen MR) is 120 cm³/mol. The summed E-state index contributed by atoms with van der Waals surface area (Å²) in [7, 11) is 1.70. The van der Waals surface area contributed by atoms with Crippen LogP contribution in [0.1, 0.15) is 37.9 Å². The largest absolute Gasteiger partial charge is 0.386 e. The van der Waals surface area contributed by atoms with Crippen molar-refractivity contribution in [3.63, 3.8) is 0 Å². The molecule has 1 aliphatic heterocycles. The van der Waals surface area contributed by atoms with Crippen molar-refractivity contribution in [3.8, 4) is 0 Å². The van der Waals surface area contributed by atoms with E-state index in [9.17, 15) is 9.50 Å². The molecule has 8 heteroatoms. The number of rotatable bonds is 9. The SMILES string of the molecule is CCNC(=NCC(O)c1ccc(F)cc1)N1CCC(OCCCOC)CC1.I. The van der Waals surface area contributed by atoms with Gasteiger partial charge in [-0.3, -0.25) is 4.99 Å². The highest BCUT2D eigenvalue weighted by molar-refractivity contribution is 14.0. The molecule has 0 bridgehead atoms. The lowest BCUT2D eigenvalue weighted by Crippen LogP contribution is -2.47. The summed E-state index contributed by atoms with van der Waals surface area (Å²) in [5.74, 6) is 0.492. The van der Waals surface area contributed by atoms with E-state index in [0.717, 1.165) is 58.1 Å². The number of halogens is 2. The average molecular weight is 509 g/mol. The number of hydrogen-bond donors (Lipinski definition) is 2. The molecule has 2 N–H and O–H groups in total. The molecule has 1 heterocycles. The second kappa shape index (κ2) is 14.1. The topological polar surface area (TPSA) is 66.3 Å². The summed E-state index contributed by atoms with van der Waals surface area (Å²) in [4.78, 5) is 6.78. The number of nitrogens with one attached hydrogen (secondary N) is 1. The van der Waals surface area contributed by atoms with E-state index in [1.807, 2.05) is 6.92 Å². The number of aliphatic imine (C=N–C) groups is 1. The van der Waals surface area contributed by atoms with E-state index >= 15 is 0 Å². The fourth-order valence-electron chi connectivity index (χ4n) is 3.08. The van der Waals surface area contributed by atoms with E-state index in [1.54, 1.807) is 19.2 Å². The van der Waals surface area contributed by atoms with E-state index in [-0.39, 0.29) is 42.4 Å². The Labute approximate surface area is 184 Å². The Kier molecular flexibility index (Phi) is 12.6. The van der Waals surface area contributed by atoms with Crippen LogP contribution in [0.3, 0.4) is 0 Å². The molecule has 6 nitrogen and oxygen atoms in total. The lowest BCUT2D eigenvalue weighted by atomic mass is 10.1. The van der Waals surface area contributed by atoms with Crippen LogP contribution in [0.4, 0.5) is 4.39 Å². The fraction of sp³-hybridized carbons (Fsp3) is 0.650. The highest BCUT2D eigenvalue weighted by Crippen LogP contribution is 2.16. The van der Waals surface area contributed by atoms with Gasteiger partial charge in [-0.15, -0.1) is 24.0 Å². The van der Waals surface area contributed by atoms with Crippen LogP contribution in [0.5, 0.6) is 0 Å². The molecule has 1 aromatic carbocycles. The molecule has 160 valence electrons. The van der Waals surface area contributed by atoms with Crippen molar-refractivity contribution >= 4 is 29.9 Å². The minimum absolute atomic E-state index is 0. The highest BCUT2D eigenvalue weighted by Gasteiger charge is 2.22. The standard InChI is InChI=1S/C20H32FN3O3.HI/c1-3-22-20(23-15-19(25)16-5-7-17(21)8-6-16)24-11-9-18(10-12-24)27-14-4-13-26-2;/h5-8,18-19,25H,3-4,9-15H2,1-2H3,(H,22,23);1H. The summed E-state index contributed by atoms with van der Waals surface area (Å²) in [6.45, 7) is 6.22. The fourth-order valence-corrected chi connectivity index (χ4v) is 3.08. The number of aliphatic hydroxyl groups excluding tert-OH is 1. The van der Waals surface area contributed by atoms with Gasteiger partial charge >= 0.3 is 0 Å². The maximum absolute atomic E-state index is 13.0. The zero-order valence-corrected chi connectivity index (χ0v) is 19.1. The summed E-state index contributed by atoms with van der Waals surface area (Å²) >= 11 is 0. The van der Waals surface area contributed by atoms with Crippen molar-refractivity contribution in [1.82, 2.24) is 10.2 Å². The molecule has 0 saturated carbocycles. The third kappa shape index (κ3) is 8.59. The van der Waals surface area contributed by atoms with E-state index < -0.39 is 6.10 Å². The number of likely N-dealkylation sites (tertiary alicyclic amines) is 1. The second-order valence-electron chi connectivity index (χ2n) is 6.67. The quantitative estimate of drug-likeness (QED) is 0.232. The van der Waals surface area contributed by atoms with Crippen LogP contribution in [0.2, 0.25) is 0 Å². The Morgan fingerprint density at radius 1 is 1.29 bits per heavy atom. The molecule has 2 rings (SSSR count). The third-order valence-electron chi connectivity index (χ3n) is 4.59. The van der Waals surface area contributed by atoms with Crippen molar-refractivity contribution in [2.45, 2.75) is 38.4 Å². The minimum Gasteiger partial charge on any atom is -0.386 e. The van der Waals surface area contributed by atoms with Gasteiger partial charge in [-0.25, -0.2) is 4.39 Å². The first-order chi connectivity index (χ1) is 13.1. The molecule has 0 amide bonds. The lowest BCUT2D eigenvalue weighted by Gasteiger charge is -2.34. The van der Waals surface area contributed by atoms with Gasteiger partial charge in [-0.1, -0.05) is 12.1 Å². The number of guanidine groups is 1. The Morgan fingerprint density at radius 2 is 1.96 bits per heavy atom. The summed E-state index contributed by atoms with van der Waals surface area (Å²) in [6, 6.07) is 5.89. The zero-order valence-electron chi connectivity index (χ0n) is 16.8. The molecule has 1 saturated heterocycles. The van der Waals surface area contributed by atoms with Crippen LogP contribution in [-0.4, -0.2) is 68.6 Å². The highest BCUT2D eigenvalue weighted by atomic mass is 127. The molecule has 28 heavy (non-hydrogen) atoms. The monoisotopic (exact) mass is 509 g/mol. The molecule has 0 aliphatic carbocycles. The van der Waals surface area contributed by atoms with Gasteiger partial charge in [0.25, 0.3) is 0 Å². The first-order valence-corrected chi connectivity index (χ1v) is 9.71. The van der Waals surface area contributed by atoms with Crippen molar-refractivity contribution in [2.24, 2.45) is 4.99 Å². The first-order valence-electron chi connectivity index (χ1n) is 9.71. The number of methoxy groups -OCH3 is 1. The molecule has 0 spiro atoms. The van der Waals surface area contributed by atoms with Crippen LogP contribution in [0.25, 0.3) is 0 Å². The second-order valence-corrected chi connectivity index (χ2v) is 6.67. The van der Waals surface area contributed by atoms with Crippen LogP contribution in [0.15, 0.2) is 29.3 Å². The molecule has 0 aromatic heterocycles. The van der Waals surface area contributed by atoms with Crippen LogP contribution in [0, 0.1) is 5.82 Å². The number of ether oxygens (including phenoxy) is 2. The predicted octanol–water partition coefficient (Wildman–Crippen LogP) is 2.96. The van der Waals surface area contributed by atoms with Gasteiger partial charge in [0.1, 0.15) is 5.82 Å². The van der Waals surface area contributed by atoms with Gasteiger partial charge in [0.2, 0.25) is 0 Å². The first kappa shape index (κ1) is 25.1. The normalized spacial score (nSPS) is 16.6. The number of benzene rings is 1. The minimum atomic E-state index is -0.749. The van der Waals surface area contributed by atoms with Crippen molar-refractivity contribution in [2.75, 3.05) is 46.5 Å². The van der Waals surface area contributed by atoms with E-state index in [4.69, 9.17) is 9.47 Å². The molecule has 1 aromatic rings. The van der Waals surface area contributed by atoms with E-state index in [2.05, 4.69) is 15.2 Å². The summed E-state index contributed by atoms with van der Waals surface area (Å²) in [5, 5.41) is 13.6. The Balaban J connectivity index is 0.00000392. The number of nitrogens with zero attached hydrogens (tertiary/aromatic N) is 2. The molecular weight excluding hydrogens is 476 g/mol. The molecule has 1 aliphatic rings. The van der Waals surface area contributed by atoms with Crippen LogP contribution in [-0.2, 0) is 9.47 Å². The Hall–Kier alpha value is -0.970. The smallest absolute Gasteiger partial charge is 0.194 e. The maximum Gasteiger partial charge on any atom is 0.194 e. The van der Waals surface area contributed by atoms with Crippen LogP contribution < -0.4 is 5.32 Å². The molecule has 1 atom stereocenters. The Bertz CT molecular complexity index is 566. The molecule has 1 unspecified atom stereocenters. The van der Waals surface area contributed by atoms with Crippen molar-refractivity contribution in [3.05, 3.63) is 35.6 Å². The summed E-state index contributed by atoms with van der Waals surface area (Å²) < 4.78 is 24.0. The molecule has 0 radical (unpaired) electrons. The van der Waals surface area contributed by atoms with Gasteiger partial charge in [-0.05, 0) is 43.9 Å². The summed E-state index contributed by atoms with van der Waals surface area (Å²) in [6.07, 6.45) is 2.37. The Morgan fingerprint density at radius 3 is 2.57 bits per heavy atom. The van der Waals surface area contributed by atoms with Crippen molar-refractivity contribution in [1.29, 1.82) is 0 Å². The maximum atomic E-state index is 13.0. The lowest BCUT2D eigenvalue weighted by molar-refractivity contribution is 0.00986. The van der Waals surface area contributed by atoms with Crippen LogP contribution >= 0.6 is 24.0 Å². The summed E-state index contributed by atoms with van der Waals surface area (Å²) in [5.41, 5.74) is 0.666. The van der Waals surface area contributed by atoms with Gasteiger partial charge in [0.15, 0.2) is 5.96 Å². The van der Waals surface area contributed by atoms with Gasteiger partial charge in [0.05, 0.1) is 18.8 Å². The van der Waals surface area contributed by atoms with Gasteiger partial charge < -0.3 is 24.8 Å². The number of piperidine rings is 1. The zero-order chi connectivity index (χ0) is 19.5.